The fourth-order valence-corrected chi connectivity index (χ4v) is 4.12. The maximum absolute atomic E-state index is 13.5. The van der Waals surface area contributed by atoms with Gasteiger partial charge in [-0.25, -0.2) is 4.90 Å². The first-order valence-electron chi connectivity index (χ1n) is 8.96. The Labute approximate surface area is 169 Å². The third-order valence-electron chi connectivity index (χ3n) is 4.35. The van der Waals surface area contributed by atoms with E-state index < -0.39 is 0 Å². The van der Waals surface area contributed by atoms with Gasteiger partial charge in [0.15, 0.2) is 0 Å². The Balaban J connectivity index is 2.20. The maximum atomic E-state index is 13.5. The molecular formula is C22H23NO4S. The highest BCUT2D eigenvalue weighted by Gasteiger charge is 2.42. The molecule has 1 heterocycles. The van der Waals surface area contributed by atoms with Gasteiger partial charge in [-0.1, -0.05) is 38.1 Å². The summed E-state index contributed by atoms with van der Waals surface area (Å²) in [6.45, 7) is 5.89. The summed E-state index contributed by atoms with van der Waals surface area (Å²) in [5.41, 5.74) is 2.36. The molecule has 0 unspecified atom stereocenters. The third-order valence-corrected chi connectivity index (χ3v) is 5.43. The SMILES string of the molecule is COc1ccccc1C1=C(SC(C)C)C(=O)N(c2cc(C)ccc2OC)C1=O. The molecule has 1 aliphatic rings. The van der Waals surface area contributed by atoms with E-state index in [1.807, 2.05) is 39.0 Å². The van der Waals surface area contributed by atoms with Gasteiger partial charge >= 0.3 is 0 Å². The van der Waals surface area contributed by atoms with Gasteiger partial charge in [-0.2, -0.15) is 0 Å². The van der Waals surface area contributed by atoms with E-state index in [1.165, 1.54) is 23.8 Å². The van der Waals surface area contributed by atoms with Crippen LogP contribution in [0.5, 0.6) is 11.5 Å². The maximum Gasteiger partial charge on any atom is 0.272 e. The lowest BCUT2D eigenvalue weighted by Crippen LogP contribution is -2.31. The molecule has 0 spiro atoms. The van der Waals surface area contributed by atoms with E-state index in [4.69, 9.17) is 9.47 Å². The van der Waals surface area contributed by atoms with E-state index in [0.717, 1.165) is 5.56 Å². The number of carbonyl (C=O) groups excluding carboxylic acids is 2. The zero-order chi connectivity index (χ0) is 20.4. The van der Waals surface area contributed by atoms with Gasteiger partial charge in [0.1, 0.15) is 11.5 Å². The number of aryl methyl sites for hydroxylation is 1. The van der Waals surface area contributed by atoms with Crippen LogP contribution in [-0.2, 0) is 9.59 Å². The number of benzene rings is 2. The molecule has 28 heavy (non-hydrogen) atoms. The molecule has 0 bridgehead atoms. The Hall–Kier alpha value is -2.73. The zero-order valence-corrected chi connectivity index (χ0v) is 17.4. The van der Waals surface area contributed by atoms with E-state index in [9.17, 15) is 9.59 Å². The smallest absolute Gasteiger partial charge is 0.272 e. The second kappa shape index (κ2) is 8.10. The highest BCUT2D eigenvalue weighted by Crippen LogP contribution is 2.44. The van der Waals surface area contributed by atoms with Gasteiger partial charge in [-0.05, 0) is 30.7 Å². The van der Waals surface area contributed by atoms with Crippen molar-refractivity contribution in [3.8, 4) is 11.5 Å². The minimum absolute atomic E-state index is 0.135. The molecule has 0 atom stereocenters. The molecular weight excluding hydrogens is 374 g/mol. The predicted molar refractivity (Wildman–Crippen MR) is 113 cm³/mol. The number of hydrogen-bond acceptors (Lipinski definition) is 5. The van der Waals surface area contributed by atoms with Crippen LogP contribution in [0.2, 0.25) is 0 Å². The van der Waals surface area contributed by atoms with Crippen LogP contribution in [0.25, 0.3) is 5.57 Å². The lowest BCUT2D eigenvalue weighted by atomic mass is 10.0. The van der Waals surface area contributed by atoms with Crippen LogP contribution in [0.15, 0.2) is 47.4 Å². The molecule has 0 radical (unpaired) electrons. The van der Waals surface area contributed by atoms with Crippen LogP contribution in [0.1, 0.15) is 25.0 Å². The number of rotatable bonds is 6. The van der Waals surface area contributed by atoms with E-state index >= 15 is 0 Å². The van der Waals surface area contributed by atoms with Gasteiger partial charge in [0.05, 0.1) is 30.4 Å². The number of ether oxygens (including phenoxy) is 2. The van der Waals surface area contributed by atoms with Gasteiger partial charge in [0, 0.05) is 10.8 Å². The minimum Gasteiger partial charge on any atom is -0.496 e. The van der Waals surface area contributed by atoms with Crippen molar-refractivity contribution in [2.24, 2.45) is 0 Å². The van der Waals surface area contributed by atoms with Crippen LogP contribution >= 0.6 is 11.8 Å². The molecule has 0 aromatic heterocycles. The largest absolute Gasteiger partial charge is 0.496 e. The molecule has 146 valence electrons. The number of para-hydroxylation sites is 1. The van der Waals surface area contributed by atoms with Crippen molar-refractivity contribution >= 4 is 34.8 Å². The van der Waals surface area contributed by atoms with E-state index in [0.29, 0.717) is 33.2 Å². The van der Waals surface area contributed by atoms with Crippen LogP contribution in [0, 0.1) is 6.92 Å². The molecule has 0 saturated carbocycles. The number of nitrogens with zero attached hydrogens (tertiary/aromatic N) is 1. The lowest BCUT2D eigenvalue weighted by Gasteiger charge is -2.19. The Morgan fingerprint density at radius 1 is 0.929 bits per heavy atom. The highest BCUT2D eigenvalue weighted by molar-refractivity contribution is 8.04. The summed E-state index contributed by atoms with van der Waals surface area (Å²) in [5.74, 6) is 0.316. The zero-order valence-electron chi connectivity index (χ0n) is 16.6. The van der Waals surface area contributed by atoms with Crippen molar-refractivity contribution in [2.45, 2.75) is 26.0 Å². The van der Waals surface area contributed by atoms with Crippen molar-refractivity contribution in [1.29, 1.82) is 0 Å². The molecule has 0 aliphatic carbocycles. The van der Waals surface area contributed by atoms with Crippen LogP contribution in [0.3, 0.4) is 0 Å². The summed E-state index contributed by atoms with van der Waals surface area (Å²) in [4.78, 5) is 28.5. The molecule has 0 saturated heterocycles. The van der Waals surface area contributed by atoms with Gasteiger partial charge < -0.3 is 9.47 Å². The van der Waals surface area contributed by atoms with Crippen molar-refractivity contribution in [1.82, 2.24) is 0 Å². The quantitative estimate of drug-likeness (QED) is 0.675. The first kappa shape index (κ1) is 20.0. The summed E-state index contributed by atoms with van der Waals surface area (Å²) in [5, 5.41) is 0.135. The third kappa shape index (κ3) is 3.52. The fraction of sp³-hybridized carbons (Fsp3) is 0.273. The van der Waals surface area contributed by atoms with Crippen molar-refractivity contribution in [2.75, 3.05) is 19.1 Å². The predicted octanol–water partition coefficient (Wildman–Crippen LogP) is 4.44. The first-order valence-corrected chi connectivity index (χ1v) is 9.84. The fourth-order valence-electron chi connectivity index (χ4n) is 3.14. The van der Waals surface area contributed by atoms with Crippen LogP contribution in [-0.4, -0.2) is 31.3 Å². The number of carbonyl (C=O) groups is 2. The number of anilines is 1. The second-order valence-corrected chi connectivity index (χ2v) is 8.28. The van der Waals surface area contributed by atoms with Crippen molar-refractivity contribution < 1.29 is 19.1 Å². The Morgan fingerprint density at radius 2 is 1.61 bits per heavy atom. The van der Waals surface area contributed by atoms with E-state index in [2.05, 4.69) is 0 Å². The molecule has 2 amide bonds. The Morgan fingerprint density at radius 3 is 2.25 bits per heavy atom. The summed E-state index contributed by atoms with van der Waals surface area (Å²) in [6, 6.07) is 12.7. The van der Waals surface area contributed by atoms with E-state index in [-0.39, 0.29) is 17.1 Å². The molecule has 2 aromatic carbocycles. The molecule has 5 nitrogen and oxygen atoms in total. The van der Waals surface area contributed by atoms with Crippen LogP contribution in [0.4, 0.5) is 5.69 Å². The topological polar surface area (TPSA) is 55.8 Å². The number of hydrogen-bond donors (Lipinski definition) is 0. The Kier molecular flexibility index (Phi) is 5.79. The molecule has 0 N–H and O–H groups in total. The average Bonchev–Trinajstić information content (AvgIpc) is 2.90. The number of thioether (sulfide) groups is 1. The normalized spacial score (nSPS) is 14.3. The minimum atomic E-state index is -0.374. The molecule has 6 heteroatoms. The second-order valence-electron chi connectivity index (χ2n) is 6.69. The van der Waals surface area contributed by atoms with Gasteiger partial charge in [-0.15, -0.1) is 11.8 Å². The van der Waals surface area contributed by atoms with Gasteiger partial charge in [0.25, 0.3) is 11.8 Å². The van der Waals surface area contributed by atoms with Gasteiger partial charge in [-0.3, -0.25) is 9.59 Å². The summed E-state index contributed by atoms with van der Waals surface area (Å²) in [7, 11) is 3.08. The lowest BCUT2D eigenvalue weighted by molar-refractivity contribution is -0.119. The molecule has 3 rings (SSSR count). The number of amides is 2. The van der Waals surface area contributed by atoms with E-state index in [1.54, 1.807) is 31.4 Å². The van der Waals surface area contributed by atoms with Gasteiger partial charge in [0.2, 0.25) is 0 Å². The average molecular weight is 397 g/mol. The summed E-state index contributed by atoms with van der Waals surface area (Å²) in [6.07, 6.45) is 0. The van der Waals surface area contributed by atoms with Crippen molar-refractivity contribution in [3.63, 3.8) is 0 Å². The first-order chi connectivity index (χ1) is 13.4. The summed E-state index contributed by atoms with van der Waals surface area (Å²) >= 11 is 1.38. The number of methoxy groups -OCH3 is 2. The molecule has 0 fully saturated rings. The standard InChI is InChI=1S/C22H23NO4S/c1-13(2)28-20-19(15-8-6-7-9-17(15)26-4)21(24)23(22(20)25)16-12-14(3)10-11-18(16)27-5/h6-13H,1-5H3. The summed E-state index contributed by atoms with van der Waals surface area (Å²) < 4.78 is 10.9. The monoisotopic (exact) mass is 397 g/mol. The van der Waals surface area contributed by atoms with Crippen molar-refractivity contribution in [3.05, 3.63) is 58.5 Å². The van der Waals surface area contributed by atoms with Crippen LogP contribution < -0.4 is 14.4 Å². The number of imide groups is 1. The Bertz CT molecular complexity index is 965. The molecule has 1 aliphatic heterocycles. The molecule has 2 aromatic rings. The highest BCUT2D eigenvalue weighted by atomic mass is 32.2.